The van der Waals surface area contributed by atoms with Crippen molar-refractivity contribution in [1.82, 2.24) is 19.7 Å². The highest BCUT2D eigenvalue weighted by Crippen LogP contribution is 2.26. The van der Waals surface area contributed by atoms with Crippen molar-refractivity contribution in [2.75, 3.05) is 0 Å². The van der Waals surface area contributed by atoms with Gasteiger partial charge in [0, 0.05) is 17.6 Å². The maximum absolute atomic E-state index is 4.47. The molecule has 0 saturated carbocycles. The molecule has 0 bridgehead atoms. The summed E-state index contributed by atoms with van der Waals surface area (Å²) in [7, 11) is 0. The number of rotatable bonds is 2. The van der Waals surface area contributed by atoms with Gasteiger partial charge in [0.25, 0.3) is 0 Å². The third-order valence-corrected chi connectivity index (χ3v) is 3.01. The lowest BCUT2D eigenvalue weighted by molar-refractivity contribution is 0.603. The van der Waals surface area contributed by atoms with Crippen LogP contribution in [0.3, 0.4) is 0 Å². The summed E-state index contributed by atoms with van der Waals surface area (Å²) in [4.78, 5) is 4.47. The quantitative estimate of drug-likeness (QED) is 0.689. The van der Waals surface area contributed by atoms with Crippen molar-refractivity contribution in [2.24, 2.45) is 0 Å². The lowest BCUT2D eigenvalue weighted by Gasteiger charge is -2.10. The Balaban J connectivity index is 2.28. The lowest BCUT2D eigenvalue weighted by Crippen LogP contribution is -2.03. The van der Waals surface area contributed by atoms with Gasteiger partial charge in [-0.25, -0.2) is 0 Å². The van der Waals surface area contributed by atoms with Crippen LogP contribution in [0.15, 0.2) is 42.9 Å². The minimum atomic E-state index is 0.316. The van der Waals surface area contributed by atoms with Crippen molar-refractivity contribution in [3.8, 4) is 11.5 Å². The molecule has 0 fully saturated rings. The molecule has 0 aliphatic heterocycles. The van der Waals surface area contributed by atoms with E-state index in [0.717, 1.165) is 16.9 Å². The van der Waals surface area contributed by atoms with Crippen LogP contribution in [0, 0.1) is 0 Å². The minimum Gasteiger partial charge on any atom is -0.310 e. The predicted molar refractivity (Wildman–Crippen MR) is 71.1 cm³/mol. The van der Waals surface area contributed by atoms with Gasteiger partial charge < -0.3 is 4.57 Å². The van der Waals surface area contributed by atoms with Crippen LogP contribution in [0.1, 0.15) is 19.9 Å². The summed E-state index contributed by atoms with van der Waals surface area (Å²) in [6.07, 6.45) is 3.57. The molecular formula is C14H14N4. The van der Waals surface area contributed by atoms with Gasteiger partial charge in [-0.15, -0.1) is 10.2 Å². The van der Waals surface area contributed by atoms with Gasteiger partial charge in [-0.1, -0.05) is 24.3 Å². The Hall–Kier alpha value is -2.23. The summed E-state index contributed by atoms with van der Waals surface area (Å²) in [5.74, 6) is 0.821. The second kappa shape index (κ2) is 4.22. The Kier molecular flexibility index (Phi) is 2.55. The van der Waals surface area contributed by atoms with Crippen LogP contribution in [0.4, 0.5) is 0 Å². The zero-order valence-electron chi connectivity index (χ0n) is 10.4. The van der Waals surface area contributed by atoms with Gasteiger partial charge >= 0.3 is 0 Å². The van der Waals surface area contributed by atoms with Crippen molar-refractivity contribution in [1.29, 1.82) is 0 Å². The molecule has 4 nitrogen and oxygen atoms in total. The monoisotopic (exact) mass is 238 g/mol. The number of nitrogens with zero attached hydrogens (tertiary/aromatic N) is 4. The average Bonchev–Trinajstić information content (AvgIpc) is 2.87. The number of aromatic nitrogens is 4. The molecule has 0 amide bonds. The fourth-order valence-electron chi connectivity index (χ4n) is 2.09. The number of benzene rings is 1. The molecule has 3 rings (SSSR count). The van der Waals surface area contributed by atoms with Gasteiger partial charge in [-0.3, -0.25) is 4.98 Å². The molecule has 18 heavy (non-hydrogen) atoms. The third kappa shape index (κ3) is 1.66. The van der Waals surface area contributed by atoms with Crippen LogP contribution < -0.4 is 0 Å². The third-order valence-electron chi connectivity index (χ3n) is 3.01. The standard InChI is InChI=1S/C14H14N4/c1-10(2)18-9-16-17-14(18)13-12-6-4-3-5-11(12)7-8-15-13/h3-10H,1-2H3. The molecule has 0 saturated heterocycles. The molecule has 0 radical (unpaired) electrons. The molecule has 0 aliphatic rings. The average molecular weight is 238 g/mol. The molecule has 0 unspecified atom stereocenters. The molecule has 4 heteroatoms. The first-order valence-corrected chi connectivity index (χ1v) is 6.01. The number of pyridine rings is 1. The van der Waals surface area contributed by atoms with E-state index in [9.17, 15) is 0 Å². The summed E-state index contributed by atoms with van der Waals surface area (Å²) < 4.78 is 2.04. The molecule has 0 spiro atoms. The normalized spacial score (nSPS) is 11.3. The first-order chi connectivity index (χ1) is 8.77. The molecule has 0 atom stereocenters. The SMILES string of the molecule is CC(C)n1cnnc1-c1nccc2ccccc12. The summed E-state index contributed by atoms with van der Waals surface area (Å²) in [6.45, 7) is 4.22. The Morgan fingerprint density at radius 1 is 1.11 bits per heavy atom. The van der Waals surface area contributed by atoms with E-state index in [4.69, 9.17) is 0 Å². The van der Waals surface area contributed by atoms with Gasteiger partial charge in [-0.05, 0) is 25.3 Å². The van der Waals surface area contributed by atoms with Crippen LogP contribution in [0.2, 0.25) is 0 Å². The maximum Gasteiger partial charge on any atom is 0.183 e. The smallest absolute Gasteiger partial charge is 0.183 e. The highest BCUT2D eigenvalue weighted by atomic mass is 15.3. The first kappa shape index (κ1) is 10.9. The van der Waals surface area contributed by atoms with E-state index < -0.39 is 0 Å². The largest absolute Gasteiger partial charge is 0.310 e. The van der Waals surface area contributed by atoms with Crippen LogP contribution in [-0.4, -0.2) is 19.7 Å². The van der Waals surface area contributed by atoms with E-state index in [2.05, 4.69) is 41.2 Å². The topological polar surface area (TPSA) is 43.6 Å². The summed E-state index contributed by atoms with van der Waals surface area (Å²) >= 11 is 0. The Morgan fingerprint density at radius 2 is 1.94 bits per heavy atom. The first-order valence-electron chi connectivity index (χ1n) is 6.01. The Morgan fingerprint density at radius 3 is 2.78 bits per heavy atom. The van der Waals surface area contributed by atoms with Crippen molar-refractivity contribution in [3.63, 3.8) is 0 Å². The van der Waals surface area contributed by atoms with Gasteiger partial charge in [-0.2, -0.15) is 0 Å². The van der Waals surface area contributed by atoms with Crippen LogP contribution >= 0.6 is 0 Å². The van der Waals surface area contributed by atoms with Crippen molar-refractivity contribution in [3.05, 3.63) is 42.9 Å². The summed E-state index contributed by atoms with van der Waals surface area (Å²) in [5.41, 5.74) is 0.888. The van der Waals surface area contributed by atoms with Gasteiger partial charge in [0.05, 0.1) is 0 Å². The summed E-state index contributed by atoms with van der Waals surface area (Å²) in [5, 5.41) is 10.5. The van der Waals surface area contributed by atoms with Crippen LogP contribution in [-0.2, 0) is 0 Å². The zero-order chi connectivity index (χ0) is 12.5. The van der Waals surface area contributed by atoms with Crippen molar-refractivity contribution in [2.45, 2.75) is 19.9 Å². The molecule has 2 aromatic heterocycles. The molecule has 1 aromatic carbocycles. The number of hydrogen-bond acceptors (Lipinski definition) is 3. The molecule has 2 heterocycles. The molecule has 0 N–H and O–H groups in total. The van der Waals surface area contributed by atoms with E-state index in [-0.39, 0.29) is 0 Å². The molecular weight excluding hydrogens is 224 g/mol. The second-order valence-corrected chi connectivity index (χ2v) is 4.54. The van der Waals surface area contributed by atoms with E-state index in [1.165, 1.54) is 5.39 Å². The van der Waals surface area contributed by atoms with Crippen molar-refractivity contribution >= 4 is 10.8 Å². The highest BCUT2D eigenvalue weighted by Gasteiger charge is 2.13. The minimum absolute atomic E-state index is 0.316. The fraction of sp³-hybridized carbons (Fsp3) is 0.214. The Labute approximate surface area is 105 Å². The highest BCUT2D eigenvalue weighted by molar-refractivity contribution is 5.92. The van der Waals surface area contributed by atoms with Gasteiger partial charge in [0.2, 0.25) is 0 Å². The Bertz CT molecular complexity index is 680. The fourth-order valence-corrected chi connectivity index (χ4v) is 2.09. The van der Waals surface area contributed by atoms with E-state index in [1.54, 1.807) is 6.33 Å². The maximum atomic E-state index is 4.47. The van der Waals surface area contributed by atoms with Gasteiger partial charge in [0.1, 0.15) is 12.0 Å². The number of fused-ring (bicyclic) bond motifs is 1. The van der Waals surface area contributed by atoms with E-state index in [0.29, 0.717) is 6.04 Å². The summed E-state index contributed by atoms with van der Waals surface area (Å²) in [6, 6.07) is 10.5. The number of hydrogen-bond donors (Lipinski definition) is 0. The van der Waals surface area contributed by atoms with Crippen LogP contribution in [0.25, 0.3) is 22.3 Å². The molecule has 90 valence electrons. The molecule has 0 aliphatic carbocycles. The van der Waals surface area contributed by atoms with E-state index in [1.807, 2.05) is 29.0 Å². The van der Waals surface area contributed by atoms with E-state index >= 15 is 0 Å². The zero-order valence-corrected chi connectivity index (χ0v) is 10.4. The second-order valence-electron chi connectivity index (χ2n) is 4.54. The van der Waals surface area contributed by atoms with Crippen molar-refractivity contribution < 1.29 is 0 Å². The predicted octanol–water partition coefficient (Wildman–Crippen LogP) is 3.07. The van der Waals surface area contributed by atoms with Gasteiger partial charge in [0.15, 0.2) is 5.82 Å². The molecule has 3 aromatic rings. The van der Waals surface area contributed by atoms with Crippen LogP contribution in [0.5, 0.6) is 0 Å². The lowest BCUT2D eigenvalue weighted by atomic mass is 10.1.